The molecule has 0 unspecified atom stereocenters. The Morgan fingerprint density at radius 3 is 2.40 bits per heavy atom. The molecule has 0 radical (unpaired) electrons. The molecule has 2 N–H and O–H groups in total. The van der Waals surface area contributed by atoms with E-state index < -0.39 is 0 Å². The van der Waals surface area contributed by atoms with Gasteiger partial charge in [0.05, 0.1) is 13.2 Å². The number of nitrogens with two attached hydrogens (primary N) is 1. The first-order valence-corrected chi connectivity index (χ1v) is 6.65. The topological polar surface area (TPSA) is 97.5 Å². The van der Waals surface area contributed by atoms with Gasteiger partial charge in [-0.1, -0.05) is 0 Å². The van der Waals surface area contributed by atoms with Crippen LogP contribution in [0.25, 0.3) is 0 Å². The van der Waals surface area contributed by atoms with Crippen molar-refractivity contribution in [3.8, 4) is 6.01 Å². The summed E-state index contributed by atoms with van der Waals surface area (Å²) in [7, 11) is 1.73. The van der Waals surface area contributed by atoms with Crippen LogP contribution < -0.4 is 15.4 Å². The van der Waals surface area contributed by atoms with Crippen molar-refractivity contribution in [2.24, 2.45) is 0 Å². The number of ether oxygens (including phenoxy) is 1. The molecule has 0 fully saturated rings. The zero-order valence-corrected chi connectivity index (χ0v) is 12.5. The molecule has 0 aromatic carbocycles. The molecule has 0 aliphatic rings. The van der Waals surface area contributed by atoms with E-state index in [4.69, 9.17) is 10.5 Å². The number of hydrogen-bond acceptors (Lipinski definition) is 7. The average Bonchev–Trinajstić information content (AvgIpc) is 2.39. The van der Waals surface area contributed by atoms with Crippen molar-refractivity contribution in [2.75, 3.05) is 43.9 Å². The standard InChI is InChI=1S/C12H22N6O2/c1-5-18(6-2)9(19)8-17(4)11-14-10(13)15-12(16-11)20-7-3/h5-8H2,1-4H3,(H2,13,14,15,16). The number of nitrogen functional groups attached to an aromatic ring is 1. The summed E-state index contributed by atoms with van der Waals surface area (Å²) in [6, 6.07) is 0.164. The fourth-order valence-electron chi connectivity index (χ4n) is 1.68. The van der Waals surface area contributed by atoms with Crippen LogP contribution in [0.3, 0.4) is 0 Å². The maximum absolute atomic E-state index is 12.0. The summed E-state index contributed by atoms with van der Waals surface area (Å²) in [5.41, 5.74) is 5.61. The van der Waals surface area contributed by atoms with E-state index in [1.807, 2.05) is 20.8 Å². The van der Waals surface area contributed by atoms with Crippen LogP contribution in [0.5, 0.6) is 6.01 Å². The third-order valence-corrected chi connectivity index (χ3v) is 2.72. The predicted molar refractivity (Wildman–Crippen MR) is 76.6 cm³/mol. The van der Waals surface area contributed by atoms with Gasteiger partial charge in [0.15, 0.2) is 0 Å². The monoisotopic (exact) mass is 282 g/mol. The van der Waals surface area contributed by atoms with Gasteiger partial charge in [-0.05, 0) is 20.8 Å². The number of carbonyl (C=O) groups is 1. The molecule has 0 atom stereocenters. The van der Waals surface area contributed by atoms with Crippen LogP contribution in [0, 0.1) is 0 Å². The van der Waals surface area contributed by atoms with Crippen molar-refractivity contribution in [1.82, 2.24) is 19.9 Å². The van der Waals surface area contributed by atoms with Gasteiger partial charge >= 0.3 is 6.01 Å². The first-order chi connectivity index (χ1) is 9.51. The van der Waals surface area contributed by atoms with Gasteiger partial charge in [0.1, 0.15) is 0 Å². The van der Waals surface area contributed by atoms with E-state index in [0.29, 0.717) is 25.6 Å². The van der Waals surface area contributed by atoms with Crippen molar-refractivity contribution in [3.05, 3.63) is 0 Å². The quantitative estimate of drug-likeness (QED) is 0.760. The highest BCUT2D eigenvalue weighted by Gasteiger charge is 2.16. The number of anilines is 2. The van der Waals surface area contributed by atoms with E-state index in [1.54, 1.807) is 16.8 Å². The second kappa shape index (κ2) is 7.46. The number of aromatic nitrogens is 3. The van der Waals surface area contributed by atoms with Crippen LogP contribution in [-0.2, 0) is 4.79 Å². The number of nitrogens with zero attached hydrogens (tertiary/aromatic N) is 5. The lowest BCUT2D eigenvalue weighted by molar-refractivity contribution is -0.129. The average molecular weight is 282 g/mol. The molecule has 0 aliphatic heterocycles. The lowest BCUT2D eigenvalue weighted by Crippen LogP contribution is -2.39. The lowest BCUT2D eigenvalue weighted by atomic mass is 10.4. The van der Waals surface area contributed by atoms with Crippen molar-refractivity contribution in [3.63, 3.8) is 0 Å². The first kappa shape index (κ1) is 15.9. The van der Waals surface area contributed by atoms with Gasteiger partial charge in [-0.2, -0.15) is 15.0 Å². The highest BCUT2D eigenvalue weighted by molar-refractivity contribution is 5.80. The van der Waals surface area contributed by atoms with Gasteiger partial charge in [0, 0.05) is 20.1 Å². The van der Waals surface area contributed by atoms with E-state index in [2.05, 4.69) is 15.0 Å². The van der Waals surface area contributed by atoms with E-state index in [9.17, 15) is 4.79 Å². The smallest absolute Gasteiger partial charge is 0.323 e. The second-order valence-corrected chi connectivity index (χ2v) is 4.13. The molecule has 0 aliphatic carbocycles. The molecule has 1 rings (SSSR count). The Balaban J connectivity index is 2.81. The third-order valence-electron chi connectivity index (χ3n) is 2.72. The third kappa shape index (κ3) is 4.22. The molecule has 112 valence electrons. The first-order valence-electron chi connectivity index (χ1n) is 6.65. The van der Waals surface area contributed by atoms with Crippen LogP contribution in [0.15, 0.2) is 0 Å². The van der Waals surface area contributed by atoms with E-state index in [-0.39, 0.29) is 24.4 Å². The zero-order valence-electron chi connectivity index (χ0n) is 12.5. The summed E-state index contributed by atoms with van der Waals surface area (Å²) in [5.74, 6) is 0.400. The SMILES string of the molecule is CCOc1nc(N)nc(N(C)CC(=O)N(CC)CC)n1. The summed E-state index contributed by atoms with van der Waals surface area (Å²) in [5, 5.41) is 0. The van der Waals surface area contributed by atoms with Gasteiger partial charge in [-0.15, -0.1) is 0 Å². The maximum atomic E-state index is 12.0. The number of rotatable bonds is 7. The fraction of sp³-hybridized carbons (Fsp3) is 0.667. The molecule has 20 heavy (non-hydrogen) atoms. The van der Waals surface area contributed by atoms with Crippen molar-refractivity contribution in [1.29, 1.82) is 0 Å². The Hall–Kier alpha value is -2.12. The van der Waals surface area contributed by atoms with E-state index >= 15 is 0 Å². The fourth-order valence-corrected chi connectivity index (χ4v) is 1.68. The van der Waals surface area contributed by atoms with Crippen LogP contribution in [0.4, 0.5) is 11.9 Å². The molecule has 1 aromatic rings. The molecule has 1 aromatic heterocycles. The summed E-state index contributed by atoms with van der Waals surface area (Å²) < 4.78 is 5.21. The molecule has 1 amide bonds. The molecular formula is C12H22N6O2. The largest absolute Gasteiger partial charge is 0.464 e. The van der Waals surface area contributed by atoms with E-state index in [0.717, 1.165) is 0 Å². The van der Waals surface area contributed by atoms with Gasteiger partial charge in [0.2, 0.25) is 17.8 Å². The highest BCUT2D eigenvalue weighted by atomic mass is 16.5. The lowest BCUT2D eigenvalue weighted by Gasteiger charge is -2.23. The minimum atomic E-state index is 0.00874. The Kier molecular flexibility index (Phi) is 5.95. The Labute approximate surface area is 119 Å². The normalized spacial score (nSPS) is 10.2. The van der Waals surface area contributed by atoms with Crippen molar-refractivity contribution < 1.29 is 9.53 Å². The minimum Gasteiger partial charge on any atom is -0.464 e. The number of likely N-dealkylation sites (N-methyl/N-ethyl adjacent to an activating group) is 2. The Morgan fingerprint density at radius 1 is 1.20 bits per heavy atom. The van der Waals surface area contributed by atoms with Crippen LogP contribution in [0.2, 0.25) is 0 Å². The van der Waals surface area contributed by atoms with Gasteiger partial charge in [-0.3, -0.25) is 4.79 Å². The second-order valence-electron chi connectivity index (χ2n) is 4.13. The van der Waals surface area contributed by atoms with E-state index in [1.165, 1.54) is 0 Å². The van der Waals surface area contributed by atoms with Gasteiger partial charge < -0.3 is 20.3 Å². The summed E-state index contributed by atoms with van der Waals surface area (Å²) in [4.78, 5) is 27.4. The molecule has 1 heterocycles. The predicted octanol–water partition coefficient (Wildman–Crippen LogP) is 0.157. The Morgan fingerprint density at radius 2 is 1.85 bits per heavy atom. The van der Waals surface area contributed by atoms with Crippen molar-refractivity contribution >= 4 is 17.8 Å². The summed E-state index contributed by atoms with van der Waals surface area (Å²) >= 11 is 0. The van der Waals surface area contributed by atoms with Gasteiger partial charge in [-0.25, -0.2) is 0 Å². The van der Waals surface area contributed by atoms with Crippen LogP contribution in [-0.4, -0.2) is 59.0 Å². The molecule has 8 heteroatoms. The molecule has 0 saturated carbocycles. The highest BCUT2D eigenvalue weighted by Crippen LogP contribution is 2.12. The molecule has 0 saturated heterocycles. The van der Waals surface area contributed by atoms with Crippen molar-refractivity contribution in [2.45, 2.75) is 20.8 Å². The molecular weight excluding hydrogens is 260 g/mol. The molecule has 0 bridgehead atoms. The summed E-state index contributed by atoms with van der Waals surface area (Å²) in [6.45, 7) is 7.67. The van der Waals surface area contributed by atoms with Crippen LogP contribution >= 0.6 is 0 Å². The Bertz CT molecular complexity index is 450. The number of carbonyl (C=O) groups excluding carboxylic acids is 1. The summed E-state index contributed by atoms with van der Waals surface area (Å²) in [6.07, 6.45) is 0. The number of amides is 1. The van der Waals surface area contributed by atoms with Gasteiger partial charge in [0.25, 0.3) is 0 Å². The minimum absolute atomic E-state index is 0.00874. The zero-order chi connectivity index (χ0) is 15.1. The molecule has 0 spiro atoms. The number of hydrogen-bond donors (Lipinski definition) is 1. The van der Waals surface area contributed by atoms with Crippen LogP contribution in [0.1, 0.15) is 20.8 Å². The maximum Gasteiger partial charge on any atom is 0.323 e. The molecule has 8 nitrogen and oxygen atoms in total.